The van der Waals surface area contributed by atoms with Gasteiger partial charge in [-0.2, -0.15) is 0 Å². The number of anilines is 1. The number of carbonyl (C=O) groups is 2. The number of carbonyl (C=O) groups excluding carboxylic acids is 1. The lowest BCUT2D eigenvalue weighted by atomic mass is 9.94. The third-order valence-corrected chi connectivity index (χ3v) is 7.58. The fourth-order valence-electron chi connectivity index (χ4n) is 5.61. The van der Waals surface area contributed by atoms with E-state index in [0.29, 0.717) is 34.7 Å². The number of aromatic nitrogens is 1. The highest BCUT2D eigenvalue weighted by Gasteiger charge is 2.31. The molecule has 0 spiro atoms. The molecule has 4 aromatic rings. The molecule has 4 rings (SSSR count). The molecule has 1 heterocycles. The predicted octanol–water partition coefficient (Wildman–Crippen LogP) is 6.43. The molecule has 0 radical (unpaired) electrons. The van der Waals surface area contributed by atoms with Crippen molar-refractivity contribution >= 4 is 17.6 Å². The van der Waals surface area contributed by atoms with Crippen LogP contribution in [0.1, 0.15) is 60.6 Å². The first kappa shape index (κ1) is 34.5. The summed E-state index contributed by atoms with van der Waals surface area (Å²) >= 11 is 0. The van der Waals surface area contributed by atoms with Crippen LogP contribution in [-0.2, 0) is 27.4 Å². The molecule has 10 heteroatoms. The van der Waals surface area contributed by atoms with Crippen molar-refractivity contribution in [1.29, 1.82) is 0 Å². The molecule has 1 amide bonds. The van der Waals surface area contributed by atoms with Crippen LogP contribution in [0.4, 0.5) is 10.1 Å². The van der Waals surface area contributed by atoms with Crippen molar-refractivity contribution in [3.8, 4) is 22.4 Å². The van der Waals surface area contributed by atoms with Crippen LogP contribution >= 0.6 is 0 Å². The lowest BCUT2D eigenvalue weighted by Crippen LogP contribution is -2.22. The zero-order valence-corrected chi connectivity index (χ0v) is 26.3. The van der Waals surface area contributed by atoms with E-state index in [9.17, 15) is 24.2 Å². The second-order valence-electron chi connectivity index (χ2n) is 11.5. The number of nitrogens with zero attached hydrogens (tertiary/aromatic N) is 1. The number of rotatable bonds is 16. The number of carboxylic acids is 1. The average Bonchev–Trinajstić information content (AvgIpc) is 3.37. The van der Waals surface area contributed by atoms with Crippen molar-refractivity contribution < 1.29 is 38.8 Å². The van der Waals surface area contributed by atoms with Gasteiger partial charge in [0.2, 0.25) is 0 Å². The lowest BCUT2D eigenvalue weighted by molar-refractivity contribution is -0.139. The molecule has 0 saturated carbocycles. The maximum absolute atomic E-state index is 14.3. The summed E-state index contributed by atoms with van der Waals surface area (Å²) in [6, 6.07) is 22.9. The Kier molecular flexibility index (Phi) is 12.2. The van der Waals surface area contributed by atoms with Crippen molar-refractivity contribution in [2.45, 2.75) is 64.4 Å². The number of carboxylic acid groups (broad SMARTS) is 1. The molecule has 4 N–H and O–H groups in total. The van der Waals surface area contributed by atoms with Crippen molar-refractivity contribution in [2.75, 3.05) is 19.2 Å². The minimum Gasteiger partial charge on any atom is -0.481 e. The molecule has 0 fully saturated rings. The highest BCUT2D eigenvalue weighted by atomic mass is 19.1. The molecule has 244 valence electrons. The van der Waals surface area contributed by atoms with Crippen LogP contribution in [0, 0.1) is 5.82 Å². The number of halogens is 1. The van der Waals surface area contributed by atoms with Gasteiger partial charge in [-0.15, -0.1) is 0 Å². The Morgan fingerprint density at radius 3 is 2.20 bits per heavy atom. The summed E-state index contributed by atoms with van der Waals surface area (Å²) in [6.07, 6.45) is -2.59. The quantitative estimate of drug-likeness (QED) is 0.0827. The molecule has 0 bridgehead atoms. The van der Waals surface area contributed by atoms with E-state index in [2.05, 4.69) is 5.32 Å². The summed E-state index contributed by atoms with van der Waals surface area (Å²) in [5.74, 6) is -2.02. The number of aliphatic hydroxyl groups is 2. The van der Waals surface area contributed by atoms with Gasteiger partial charge in [0.15, 0.2) is 0 Å². The van der Waals surface area contributed by atoms with E-state index in [0.717, 1.165) is 16.8 Å². The van der Waals surface area contributed by atoms with E-state index < -0.39 is 30.4 Å². The number of amides is 1. The molecular weight excluding hydrogens is 591 g/mol. The average molecular weight is 633 g/mol. The summed E-state index contributed by atoms with van der Waals surface area (Å²) in [5.41, 5.74) is 5.50. The van der Waals surface area contributed by atoms with Gasteiger partial charge in [0.25, 0.3) is 5.91 Å². The second kappa shape index (κ2) is 16.3. The van der Waals surface area contributed by atoms with Gasteiger partial charge in [-0.3, -0.25) is 9.59 Å². The van der Waals surface area contributed by atoms with Crippen LogP contribution in [0.2, 0.25) is 0 Å². The minimum absolute atomic E-state index is 0.109. The fourth-order valence-corrected chi connectivity index (χ4v) is 5.61. The van der Waals surface area contributed by atoms with Gasteiger partial charge in [0.1, 0.15) is 12.6 Å². The van der Waals surface area contributed by atoms with E-state index in [1.807, 2.05) is 60.9 Å². The first-order chi connectivity index (χ1) is 22.1. The first-order valence-corrected chi connectivity index (χ1v) is 15.2. The highest BCUT2D eigenvalue weighted by molar-refractivity contribution is 6.12. The molecular formula is C36H41FN2O7. The number of hydrogen-bond donors (Lipinski definition) is 4. The van der Waals surface area contributed by atoms with Gasteiger partial charge in [0, 0.05) is 30.6 Å². The summed E-state index contributed by atoms with van der Waals surface area (Å²) in [7, 11) is 1.55. The topological polar surface area (TPSA) is 130 Å². The predicted molar refractivity (Wildman–Crippen MR) is 174 cm³/mol. The largest absolute Gasteiger partial charge is 0.481 e. The Labute approximate surface area is 268 Å². The summed E-state index contributed by atoms with van der Waals surface area (Å²) in [6.45, 7) is 4.75. The van der Waals surface area contributed by atoms with Gasteiger partial charge in [-0.1, -0.05) is 56.3 Å². The maximum Gasteiger partial charge on any atom is 0.305 e. The Bertz CT molecular complexity index is 1590. The van der Waals surface area contributed by atoms with E-state index in [1.54, 1.807) is 31.4 Å². The van der Waals surface area contributed by atoms with Crippen LogP contribution in [0.5, 0.6) is 0 Å². The van der Waals surface area contributed by atoms with Gasteiger partial charge < -0.3 is 34.7 Å². The molecule has 46 heavy (non-hydrogen) atoms. The number of ether oxygens (including phenoxy) is 2. The van der Waals surface area contributed by atoms with Crippen molar-refractivity contribution in [2.24, 2.45) is 0 Å². The van der Waals surface area contributed by atoms with E-state index >= 15 is 0 Å². The number of benzene rings is 3. The highest BCUT2D eigenvalue weighted by Crippen LogP contribution is 2.42. The van der Waals surface area contributed by atoms with Crippen molar-refractivity contribution in [3.05, 3.63) is 102 Å². The molecule has 9 nitrogen and oxygen atoms in total. The smallest absolute Gasteiger partial charge is 0.305 e. The Hall–Kier alpha value is -4.35. The van der Waals surface area contributed by atoms with Crippen LogP contribution in [0.15, 0.2) is 78.9 Å². The number of methoxy groups -OCH3 is 1. The molecule has 2 atom stereocenters. The van der Waals surface area contributed by atoms with Crippen molar-refractivity contribution in [3.63, 3.8) is 0 Å². The Morgan fingerprint density at radius 1 is 0.913 bits per heavy atom. The SMILES string of the molecule is COCOCc1ccc(NC(=O)c2c(-c3ccccc3)c(-c3ccc(F)cc3)n(CC[C@@H](O)C[C@@H](O)CC(=O)O)c2C(C)C)cc1. The van der Waals surface area contributed by atoms with Crippen LogP contribution < -0.4 is 5.32 Å². The first-order valence-electron chi connectivity index (χ1n) is 15.2. The Balaban J connectivity index is 1.82. The molecule has 0 aliphatic rings. The van der Waals surface area contributed by atoms with Gasteiger partial charge in [-0.05, 0) is 71.8 Å². The molecule has 0 aliphatic heterocycles. The lowest BCUT2D eigenvalue weighted by Gasteiger charge is -2.20. The summed E-state index contributed by atoms with van der Waals surface area (Å²) in [5, 5.41) is 33.0. The minimum atomic E-state index is -1.20. The molecule has 0 aliphatic carbocycles. The third kappa shape index (κ3) is 8.88. The third-order valence-electron chi connectivity index (χ3n) is 7.58. The zero-order chi connectivity index (χ0) is 33.2. The van der Waals surface area contributed by atoms with Crippen LogP contribution in [0.25, 0.3) is 22.4 Å². The van der Waals surface area contributed by atoms with E-state index in [4.69, 9.17) is 14.6 Å². The number of nitrogens with one attached hydrogen (secondary N) is 1. The molecule has 0 saturated heterocycles. The summed E-state index contributed by atoms with van der Waals surface area (Å²) in [4.78, 5) is 25.3. The molecule has 0 unspecified atom stereocenters. The normalized spacial score (nSPS) is 12.7. The molecule has 3 aromatic carbocycles. The standard InChI is InChI=1S/C36H41FN2O7/c1-23(2)34-33(36(44)38-28-15-9-24(10-16-28)21-46-22-45-3)32(25-7-5-4-6-8-25)35(26-11-13-27(37)14-12-26)39(34)18-17-29(40)19-30(41)20-31(42)43/h4-16,23,29-30,40-41H,17-22H2,1-3H3,(H,38,44)(H,42,43)/t29-,30-/m1/s1. The van der Waals surface area contributed by atoms with Crippen LogP contribution in [-0.4, -0.2) is 57.9 Å². The van der Waals surface area contributed by atoms with Crippen molar-refractivity contribution in [1.82, 2.24) is 4.57 Å². The van der Waals surface area contributed by atoms with Crippen LogP contribution in [0.3, 0.4) is 0 Å². The maximum atomic E-state index is 14.3. The Morgan fingerprint density at radius 2 is 1.59 bits per heavy atom. The number of hydrogen-bond acceptors (Lipinski definition) is 6. The number of aliphatic hydroxyl groups excluding tert-OH is 2. The fraction of sp³-hybridized carbons (Fsp3) is 0.333. The molecule has 1 aromatic heterocycles. The van der Waals surface area contributed by atoms with Gasteiger partial charge in [-0.25, -0.2) is 4.39 Å². The number of aliphatic carboxylic acids is 1. The summed E-state index contributed by atoms with van der Waals surface area (Å²) < 4.78 is 26.4. The van der Waals surface area contributed by atoms with Gasteiger partial charge >= 0.3 is 5.97 Å². The van der Waals surface area contributed by atoms with E-state index in [1.165, 1.54) is 12.1 Å². The zero-order valence-electron chi connectivity index (χ0n) is 26.3. The second-order valence-corrected chi connectivity index (χ2v) is 11.5. The monoisotopic (exact) mass is 632 g/mol. The van der Waals surface area contributed by atoms with E-state index in [-0.39, 0.29) is 38.0 Å². The van der Waals surface area contributed by atoms with Gasteiger partial charge in [0.05, 0.1) is 36.5 Å².